The molecular weight excluding hydrogens is 258 g/mol. The Morgan fingerprint density at radius 3 is 2.89 bits per heavy atom. The molecule has 1 atom stereocenters. The van der Waals surface area contributed by atoms with E-state index in [9.17, 15) is 4.79 Å². The van der Waals surface area contributed by atoms with Crippen molar-refractivity contribution < 1.29 is 4.79 Å². The molecule has 0 fully saturated rings. The fraction of sp³-hybridized carbons (Fsp3) is 0.286. The average Bonchev–Trinajstić information content (AvgIpc) is 2.97. The number of aromatic nitrogens is 2. The van der Waals surface area contributed by atoms with Crippen molar-refractivity contribution in [3.63, 3.8) is 0 Å². The first kappa shape index (κ1) is 12.3. The van der Waals surface area contributed by atoms with Gasteiger partial charge in [0.15, 0.2) is 5.82 Å². The lowest BCUT2D eigenvalue weighted by Gasteiger charge is -2.08. The van der Waals surface area contributed by atoms with Crippen LogP contribution in [0.2, 0.25) is 0 Å². The van der Waals surface area contributed by atoms with Crippen LogP contribution in [0.25, 0.3) is 0 Å². The third kappa shape index (κ3) is 2.26. The zero-order valence-corrected chi connectivity index (χ0v) is 11.7. The van der Waals surface area contributed by atoms with Crippen LogP contribution in [0.1, 0.15) is 16.8 Å². The number of aryl methyl sites for hydroxylation is 1. The van der Waals surface area contributed by atoms with Crippen molar-refractivity contribution in [1.29, 1.82) is 0 Å². The first-order chi connectivity index (χ1) is 9.15. The van der Waals surface area contributed by atoms with Crippen LogP contribution in [0.15, 0.2) is 29.2 Å². The van der Waals surface area contributed by atoms with Crippen LogP contribution >= 0.6 is 11.8 Å². The molecule has 0 aliphatic carbocycles. The SMILES string of the molecule is Cc1[nH]nc(NC(=O)C2Cc3ccccc3S2)c1C. The lowest BCUT2D eigenvalue weighted by Crippen LogP contribution is -2.25. The van der Waals surface area contributed by atoms with Gasteiger partial charge in [-0.2, -0.15) is 5.10 Å². The normalized spacial score (nSPS) is 17.3. The van der Waals surface area contributed by atoms with E-state index in [-0.39, 0.29) is 11.2 Å². The van der Waals surface area contributed by atoms with Crippen LogP contribution in [-0.4, -0.2) is 21.4 Å². The number of fused-ring (bicyclic) bond motifs is 1. The molecule has 1 aliphatic rings. The molecule has 1 aromatic heterocycles. The second-order valence-corrected chi connectivity index (χ2v) is 5.97. The summed E-state index contributed by atoms with van der Waals surface area (Å²) in [4.78, 5) is 13.5. The lowest BCUT2D eigenvalue weighted by atomic mass is 10.1. The number of benzene rings is 1. The summed E-state index contributed by atoms with van der Waals surface area (Å²) in [6.45, 7) is 3.89. The van der Waals surface area contributed by atoms with Crippen molar-refractivity contribution >= 4 is 23.5 Å². The minimum Gasteiger partial charge on any atom is -0.308 e. The van der Waals surface area contributed by atoms with Crippen molar-refractivity contribution in [2.24, 2.45) is 0 Å². The zero-order valence-electron chi connectivity index (χ0n) is 10.9. The van der Waals surface area contributed by atoms with Gasteiger partial charge in [-0.15, -0.1) is 11.8 Å². The van der Waals surface area contributed by atoms with Crippen molar-refractivity contribution in [1.82, 2.24) is 10.2 Å². The topological polar surface area (TPSA) is 57.8 Å². The van der Waals surface area contributed by atoms with E-state index in [0.29, 0.717) is 5.82 Å². The molecule has 0 saturated heterocycles. The maximum absolute atomic E-state index is 12.3. The largest absolute Gasteiger partial charge is 0.308 e. The molecule has 2 N–H and O–H groups in total. The highest BCUT2D eigenvalue weighted by atomic mass is 32.2. The van der Waals surface area contributed by atoms with Gasteiger partial charge in [-0.25, -0.2) is 0 Å². The van der Waals surface area contributed by atoms with Crippen molar-refractivity contribution in [2.75, 3.05) is 5.32 Å². The Morgan fingerprint density at radius 1 is 1.42 bits per heavy atom. The van der Waals surface area contributed by atoms with E-state index in [1.807, 2.05) is 26.0 Å². The molecule has 0 saturated carbocycles. The van der Waals surface area contributed by atoms with Crippen LogP contribution in [0.4, 0.5) is 5.82 Å². The second-order valence-electron chi connectivity index (χ2n) is 4.73. The summed E-state index contributed by atoms with van der Waals surface area (Å²) in [6, 6.07) is 8.17. The molecule has 1 unspecified atom stereocenters. The summed E-state index contributed by atoms with van der Waals surface area (Å²) < 4.78 is 0. The van der Waals surface area contributed by atoms with E-state index in [4.69, 9.17) is 0 Å². The van der Waals surface area contributed by atoms with E-state index in [2.05, 4.69) is 27.6 Å². The molecule has 2 aromatic rings. The van der Waals surface area contributed by atoms with Crippen LogP contribution < -0.4 is 5.32 Å². The first-order valence-electron chi connectivity index (χ1n) is 6.22. The van der Waals surface area contributed by atoms with Crippen LogP contribution in [0, 0.1) is 13.8 Å². The molecule has 19 heavy (non-hydrogen) atoms. The van der Waals surface area contributed by atoms with Gasteiger partial charge in [0.1, 0.15) is 0 Å². The minimum atomic E-state index is -0.0613. The van der Waals surface area contributed by atoms with Crippen molar-refractivity contribution in [3.05, 3.63) is 41.1 Å². The number of carbonyl (C=O) groups is 1. The predicted molar refractivity (Wildman–Crippen MR) is 76.5 cm³/mol. The number of anilines is 1. The van der Waals surface area contributed by atoms with Crippen LogP contribution in [0.5, 0.6) is 0 Å². The van der Waals surface area contributed by atoms with E-state index < -0.39 is 0 Å². The Labute approximate surface area is 116 Å². The number of hydrogen-bond acceptors (Lipinski definition) is 3. The Hall–Kier alpha value is -1.75. The third-order valence-electron chi connectivity index (χ3n) is 3.43. The van der Waals surface area contributed by atoms with Gasteiger partial charge >= 0.3 is 0 Å². The summed E-state index contributed by atoms with van der Waals surface area (Å²) in [5.74, 6) is 0.662. The highest BCUT2D eigenvalue weighted by Gasteiger charge is 2.28. The minimum absolute atomic E-state index is 0.0239. The number of amides is 1. The Kier molecular flexibility index (Phi) is 3.06. The molecule has 98 valence electrons. The monoisotopic (exact) mass is 273 g/mol. The number of rotatable bonds is 2. The quantitative estimate of drug-likeness (QED) is 0.884. The summed E-state index contributed by atoms with van der Waals surface area (Å²) in [7, 11) is 0. The summed E-state index contributed by atoms with van der Waals surface area (Å²) in [5, 5.41) is 9.83. The van der Waals surface area contributed by atoms with E-state index in [1.54, 1.807) is 11.8 Å². The number of nitrogens with zero attached hydrogens (tertiary/aromatic N) is 1. The van der Waals surface area contributed by atoms with Gasteiger partial charge in [-0.3, -0.25) is 9.89 Å². The second kappa shape index (κ2) is 4.74. The lowest BCUT2D eigenvalue weighted by molar-refractivity contribution is -0.115. The van der Waals surface area contributed by atoms with Gasteiger partial charge in [0.2, 0.25) is 5.91 Å². The molecule has 0 spiro atoms. The van der Waals surface area contributed by atoms with Crippen molar-refractivity contribution in [2.45, 2.75) is 30.4 Å². The number of carbonyl (C=O) groups excluding carboxylic acids is 1. The fourth-order valence-electron chi connectivity index (χ4n) is 2.13. The molecule has 0 bridgehead atoms. The third-order valence-corrected chi connectivity index (χ3v) is 4.75. The summed E-state index contributed by atoms with van der Waals surface area (Å²) in [5.41, 5.74) is 3.23. The van der Waals surface area contributed by atoms with Gasteiger partial charge in [-0.1, -0.05) is 18.2 Å². The van der Waals surface area contributed by atoms with Crippen LogP contribution in [-0.2, 0) is 11.2 Å². The molecule has 5 heteroatoms. The molecule has 0 radical (unpaired) electrons. The molecular formula is C14H15N3OS. The highest BCUT2D eigenvalue weighted by molar-refractivity contribution is 8.01. The Morgan fingerprint density at radius 2 is 2.21 bits per heavy atom. The summed E-state index contributed by atoms with van der Waals surface area (Å²) >= 11 is 1.63. The van der Waals surface area contributed by atoms with E-state index in [1.165, 1.54) is 10.5 Å². The number of aromatic amines is 1. The maximum atomic E-state index is 12.3. The number of H-pyrrole nitrogens is 1. The number of thioether (sulfide) groups is 1. The molecule has 4 nitrogen and oxygen atoms in total. The van der Waals surface area contributed by atoms with Gasteiger partial charge in [0.05, 0.1) is 5.25 Å². The van der Waals surface area contributed by atoms with E-state index in [0.717, 1.165) is 17.7 Å². The Bertz CT molecular complexity index is 610. The van der Waals surface area contributed by atoms with Gasteiger partial charge in [-0.05, 0) is 31.9 Å². The van der Waals surface area contributed by atoms with E-state index >= 15 is 0 Å². The number of hydrogen-bond donors (Lipinski definition) is 2. The number of nitrogens with one attached hydrogen (secondary N) is 2. The molecule has 1 aromatic carbocycles. The fourth-order valence-corrected chi connectivity index (χ4v) is 3.33. The molecule has 1 amide bonds. The maximum Gasteiger partial charge on any atom is 0.239 e. The van der Waals surface area contributed by atoms with Gasteiger partial charge < -0.3 is 5.32 Å². The Balaban J connectivity index is 1.72. The van der Waals surface area contributed by atoms with Gasteiger partial charge in [0.25, 0.3) is 0 Å². The first-order valence-corrected chi connectivity index (χ1v) is 7.10. The standard InChI is InChI=1S/C14H15N3OS/c1-8-9(2)16-17-13(8)15-14(18)12-7-10-5-3-4-6-11(10)19-12/h3-6,12H,7H2,1-2H3,(H2,15,16,17,18). The van der Waals surface area contributed by atoms with Crippen molar-refractivity contribution in [3.8, 4) is 0 Å². The zero-order chi connectivity index (χ0) is 13.4. The summed E-state index contributed by atoms with van der Waals surface area (Å²) in [6.07, 6.45) is 0.787. The molecule has 3 rings (SSSR count). The molecule has 2 heterocycles. The highest BCUT2D eigenvalue weighted by Crippen LogP contribution is 2.37. The van der Waals surface area contributed by atoms with Gasteiger partial charge in [0, 0.05) is 16.2 Å². The predicted octanol–water partition coefficient (Wildman–Crippen LogP) is 2.68. The average molecular weight is 273 g/mol. The molecule has 1 aliphatic heterocycles. The van der Waals surface area contributed by atoms with Crippen LogP contribution in [0.3, 0.4) is 0 Å². The smallest absolute Gasteiger partial charge is 0.239 e.